The summed E-state index contributed by atoms with van der Waals surface area (Å²) in [5.74, 6) is 0.366. The Balaban J connectivity index is 1.89. The summed E-state index contributed by atoms with van der Waals surface area (Å²) in [6.45, 7) is 0.123. The minimum absolute atomic E-state index is 0.123. The van der Waals surface area contributed by atoms with E-state index in [9.17, 15) is 9.59 Å². The zero-order valence-corrected chi connectivity index (χ0v) is 16.4. The molecule has 0 bridgehead atoms. The van der Waals surface area contributed by atoms with Crippen LogP contribution in [0.3, 0.4) is 0 Å². The highest BCUT2D eigenvalue weighted by atomic mass is 16.5. The topological polar surface area (TPSA) is 116 Å². The predicted molar refractivity (Wildman–Crippen MR) is 109 cm³/mol. The van der Waals surface area contributed by atoms with Gasteiger partial charge in [0.15, 0.2) is 11.8 Å². The summed E-state index contributed by atoms with van der Waals surface area (Å²) >= 11 is 0. The molecule has 1 atom stereocenters. The molecule has 2 aromatic carbocycles. The molecule has 0 aliphatic carbocycles. The minimum atomic E-state index is -1.22. The van der Waals surface area contributed by atoms with Crippen LogP contribution in [0.2, 0.25) is 0 Å². The lowest BCUT2D eigenvalue weighted by molar-refractivity contribution is -0.118. The number of ketones is 1. The lowest BCUT2D eigenvalue weighted by Crippen LogP contribution is -2.46. The molecule has 152 valence electrons. The van der Waals surface area contributed by atoms with Gasteiger partial charge in [-0.3, -0.25) is 14.9 Å². The molecule has 1 aromatic heterocycles. The van der Waals surface area contributed by atoms with Crippen LogP contribution >= 0.6 is 0 Å². The largest absolute Gasteiger partial charge is 0.496 e. The van der Waals surface area contributed by atoms with Gasteiger partial charge in [-0.25, -0.2) is 0 Å². The first-order valence-corrected chi connectivity index (χ1v) is 8.92. The van der Waals surface area contributed by atoms with E-state index in [1.165, 1.54) is 21.3 Å². The molecule has 1 amide bonds. The van der Waals surface area contributed by atoms with E-state index in [1.807, 2.05) is 24.3 Å². The average molecular weight is 397 g/mol. The number of carbonyl (C=O) groups excluding carboxylic acids is 2. The highest BCUT2D eigenvalue weighted by Gasteiger charge is 2.28. The second kappa shape index (κ2) is 8.66. The zero-order valence-electron chi connectivity index (χ0n) is 16.4. The summed E-state index contributed by atoms with van der Waals surface area (Å²) < 4.78 is 16.0. The van der Waals surface area contributed by atoms with Crippen molar-refractivity contribution in [2.24, 2.45) is 5.73 Å². The maximum absolute atomic E-state index is 13.0. The van der Waals surface area contributed by atoms with Crippen molar-refractivity contribution in [1.29, 1.82) is 0 Å². The number of primary amides is 1. The third kappa shape index (κ3) is 4.02. The van der Waals surface area contributed by atoms with E-state index in [2.05, 4.69) is 10.3 Å². The van der Waals surface area contributed by atoms with Crippen LogP contribution in [0.25, 0.3) is 10.9 Å². The molecule has 1 heterocycles. The normalized spacial score (nSPS) is 11.8. The average Bonchev–Trinajstić information content (AvgIpc) is 3.17. The molecule has 0 aliphatic heterocycles. The number of nitrogens with one attached hydrogen (secondary N) is 2. The van der Waals surface area contributed by atoms with Gasteiger partial charge in [0.1, 0.15) is 17.2 Å². The maximum Gasteiger partial charge on any atom is 0.242 e. The molecule has 3 aromatic rings. The summed E-state index contributed by atoms with van der Waals surface area (Å²) in [5.41, 5.74) is 7.35. The fraction of sp³-hybridized carbons (Fsp3) is 0.238. The van der Waals surface area contributed by atoms with Crippen molar-refractivity contribution in [2.45, 2.75) is 12.6 Å². The minimum Gasteiger partial charge on any atom is -0.496 e. The standard InChI is InChI=1S/C21H23N3O5/c1-27-12-8-17(28-2)15(18(9-12)29-3)11-24-19(21(22)26)20(25)14-10-23-16-7-5-4-6-13(14)16/h4-10,19,23-24H,11H2,1-3H3,(H2,22,26). The van der Waals surface area contributed by atoms with Crippen molar-refractivity contribution in [1.82, 2.24) is 10.3 Å². The number of H-pyrrole nitrogens is 1. The summed E-state index contributed by atoms with van der Waals surface area (Å²) in [6.07, 6.45) is 1.58. The van der Waals surface area contributed by atoms with E-state index in [-0.39, 0.29) is 6.54 Å². The van der Waals surface area contributed by atoms with Gasteiger partial charge in [0.2, 0.25) is 5.91 Å². The number of fused-ring (bicyclic) bond motifs is 1. The van der Waals surface area contributed by atoms with Gasteiger partial charge in [0, 0.05) is 41.3 Å². The van der Waals surface area contributed by atoms with Crippen molar-refractivity contribution in [2.75, 3.05) is 21.3 Å². The second-order valence-electron chi connectivity index (χ2n) is 6.34. The fourth-order valence-corrected chi connectivity index (χ4v) is 3.21. The number of carbonyl (C=O) groups is 2. The van der Waals surface area contributed by atoms with Crippen LogP contribution in [0.4, 0.5) is 0 Å². The lowest BCUT2D eigenvalue weighted by Gasteiger charge is -2.18. The Kier molecular flexibility index (Phi) is 6.04. The Morgan fingerprint density at radius 3 is 2.31 bits per heavy atom. The fourth-order valence-electron chi connectivity index (χ4n) is 3.21. The van der Waals surface area contributed by atoms with Crippen molar-refractivity contribution >= 4 is 22.6 Å². The van der Waals surface area contributed by atoms with Crippen molar-refractivity contribution in [3.8, 4) is 17.2 Å². The molecular formula is C21H23N3O5. The molecule has 3 rings (SSSR count). The molecule has 0 fully saturated rings. The highest BCUT2D eigenvalue weighted by Crippen LogP contribution is 2.34. The molecule has 0 aliphatic rings. The number of rotatable bonds is 9. The smallest absolute Gasteiger partial charge is 0.242 e. The number of ether oxygens (including phenoxy) is 3. The highest BCUT2D eigenvalue weighted by molar-refractivity contribution is 6.18. The van der Waals surface area contributed by atoms with Crippen molar-refractivity contribution < 1.29 is 23.8 Å². The van der Waals surface area contributed by atoms with Gasteiger partial charge in [0.05, 0.1) is 26.9 Å². The Morgan fingerprint density at radius 2 is 1.72 bits per heavy atom. The summed E-state index contributed by atoms with van der Waals surface area (Å²) in [4.78, 5) is 28.1. The van der Waals surface area contributed by atoms with E-state index in [4.69, 9.17) is 19.9 Å². The Morgan fingerprint density at radius 1 is 1.07 bits per heavy atom. The van der Waals surface area contributed by atoms with Gasteiger partial charge >= 0.3 is 0 Å². The van der Waals surface area contributed by atoms with Gasteiger partial charge in [0.25, 0.3) is 0 Å². The lowest BCUT2D eigenvalue weighted by atomic mass is 10.0. The van der Waals surface area contributed by atoms with E-state index in [1.54, 1.807) is 18.3 Å². The quantitative estimate of drug-likeness (QED) is 0.376. The summed E-state index contributed by atoms with van der Waals surface area (Å²) in [5, 5.41) is 3.66. The monoisotopic (exact) mass is 397 g/mol. The van der Waals surface area contributed by atoms with E-state index in [0.29, 0.717) is 28.4 Å². The van der Waals surface area contributed by atoms with Crippen LogP contribution in [-0.4, -0.2) is 44.0 Å². The first kappa shape index (κ1) is 20.2. The number of aromatic nitrogens is 1. The first-order valence-electron chi connectivity index (χ1n) is 8.92. The number of aromatic amines is 1. The zero-order chi connectivity index (χ0) is 21.0. The van der Waals surface area contributed by atoms with Crippen LogP contribution in [0, 0.1) is 0 Å². The number of amides is 1. The second-order valence-corrected chi connectivity index (χ2v) is 6.34. The molecule has 29 heavy (non-hydrogen) atoms. The maximum atomic E-state index is 13.0. The third-order valence-electron chi connectivity index (χ3n) is 4.70. The summed E-state index contributed by atoms with van der Waals surface area (Å²) in [6, 6.07) is 9.52. The van der Waals surface area contributed by atoms with E-state index >= 15 is 0 Å². The first-order chi connectivity index (χ1) is 14.0. The van der Waals surface area contributed by atoms with Crippen LogP contribution in [0.1, 0.15) is 15.9 Å². The number of para-hydroxylation sites is 1. The molecule has 8 nitrogen and oxygen atoms in total. The molecule has 4 N–H and O–H groups in total. The number of hydrogen-bond donors (Lipinski definition) is 3. The molecule has 0 radical (unpaired) electrons. The number of Topliss-reactive ketones (excluding diaryl/α,β-unsaturated/α-hetero) is 1. The Labute approximate surface area is 167 Å². The molecule has 0 saturated carbocycles. The molecule has 0 spiro atoms. The van der Waals surface area contributed by atoms with E-state index < -0.39 is 17.7 Å². The van der Waals surface area contributed by atoms with Crippen molar-refractivity contribution in [3.63, 3.8) is 0 Å². The Hall–Kier alpha value is -3.52. The molecule has 8 heteroatoms. The third-order valence-corrected chi connectivity index (χ3v) is 4.70. The van der Waals surface area contributed by atoms with Gasteiger partial charge in [-0.2, -0.15) is 0 Å². The van der Waals surface area contributed by atoms with E-state index in [0.717, 1.165) is 10.9 Å². The predicted octanol–water partition coefficient (Wildman–Crippen LogP) is 2.02. The van der Waals surface area contributed by atoms with Crippen LogP contribution < -0.4 is 25.3 Å². The van der Waals surface area contributed by atoms with Gasteiger partial charge < -0.3 is 24.9 Å². The van der Waals surface area contributed by atoms with Crippen LogP contribution in [-0.2, 0) is 11.3 Å². The SMILES string of the molecule is COc1cc(OC)c(CNC(C(N)=O)C(=O)c2c[nH]c3ccccc23)c(OC)c1. The van der Waals surface area contributed by atoms with Crippen LogP contribution in [0.15, 0.2) is 42.6 Å². The summed E-state index contributed by atoms with van der Waals surface area (Å²) in [7, 11) is 4.57. The molecule has 0 saturated heterocycles. The number of benzene rings is 2. The Bertz CT molecular complexity index is 1020. The van der Waals surface area contributed by atoms with Crippen LogP contribution in [0.5, 0.6) is 17.2 Å². The number of hydrogen-bond acceptors (Lipinski definition) is 6. The van der Waals surface area contributed by atoms with Gasteiger partial charge in [-0.1, -0.05) is 18.2 Å². The molecular weight excluding hydrogens is 374 g/mol. The molecule has 1 unspecified atom stereocenters. The number of methoxy groups -OCH3 is 3. The number of nitrogens with two attached hydrogens (primary N) is 1. The van der Waals surface area contributed by atoms with Gasteiger partial charge in [-0.05, 0) is 6.07 Å². The van der Waals surface area contributed by atoms with Gasteiger partial charge in [-0.15, -0.1) is 0 Å². The van der Waals surface area contributed by atoms with Crippen molar-refractivity contribution in [3.05, 3.63) is 53.7 Å².